The van der Waals surface area contributed by atoms with Gasteiger partial charge in [0.25, 0.3) is 0 Å². The predicted molar refractivity (Wildman–Crippen MR) is 71.5 cm³/mol. The molecule has 0 spiro atoms. The minimum Gasteiger partial charge on any atom is -0.493 e. The molecule has 2 aromatic rings. The Balaban J connectivity index is 2.11. The number of esters is 1. The monoisotopic (exact) mass is 291 g/mol. The molecule has 0 saturated heterocycles. The number of hydrogen-bond acceptors (Lipinski definition) is 5. The van der Waals surface area contributed by atoms with Crippen molar-refractivity contribution in [3.63, 3.8) is 0 Å². The Bertz CT molecular complexity index is 684. The van der Waals surface area contributed by atoms with Crippen LogP contribution in [0.3, 0.4) is 0 Å². The molecule has 0 atom stereocenters. The van der Waals surface area contributed by atoms with E-state index in [2.05, 4.69) is 15.4 Å². The normalized spacial score (nSPS) is 13.4. The predicted octanol–water partition coefficient (Wildman–Crippen LogP) is 2.11. The van der Waals surface area contributed by atoms with Crippen LogP contribution < -0.4 is 4.74 Å². The van der Waals surface area contributed by atoms with Crippen LogP contribution in [0.15, 0.2) is 12.1 Å². The van der Waals surface area contributed by atoms with Crippen molar-refractivity contribution in [2.24, 2.45) is 0 Å². The molecule has 3 rings (SSSR count). The third-order valence-corrected chi connectivity index (χ3v) is 3.24. The Morgan fingerprint density at radius 1 is 1.48 bits per heavy atom. The van der Waals surface area contributed by atoms with Crippen LogP contribution in [0.5, 0.6) is 5.75 Å². The molecule has 1 aliphatic rings. The maximum atomic E-state index is 13.8. The van der Waals surface area contributed by atoms with Gasteiger partial charge in [-0.1, -0.05) is 0 Å². The summed E-state index contributed by atoms with van der Waals surface area (Å²) >= 11 is 0. The molecule has 21 heavy (non-hydrogen) atoms. The lowest BCUT2D eigenvalue weighted by Crippen LogP contribution is -2.11. The summed E-state index contributed by atoms with van der Waals surface area (Å²) < 4.78 is 24.4. The van der Waals surface area contributed by atoms with Gasteiger partial charge in [0.15, 0.2) is 5.69 Å². The quantitative estimate of drug-likeness (QED) is 0.876. The van der Waals surface area contributed by atoms with Crippen molar-refractivity contribution in [2.75, 3.05) is 13.2 Å². The van der Waals surface area contributed by atoms with Crippen LogP contribution in [-0.2, 0) is 11.2 Å². The van der Waals surface area contributed by atoms with E-state index in [1.807, 2.05) is 0 Å². The fourth-order valence-electron chi connectivity index (χ4n) is 2.38. The number of carbonyl (C=O) groups excluding carboxylic acids is 1. The number of aromatic nitrogens is 3. The van der Waals surface area contributed by atoms with Crippen molar-refractivity contribution in [2.45, 2.75) is 19.8 Å². The second-order valence-corrected chi connectivity index (χ2v) is 4.63. The van der Waals surface area contributed by atoms with Crippen LogP contribution in [0, 0.1) is 5.82 Å². The van der Waals surface area contributed by atoms with Crippen LogP contribution in [0.25, 0.3) is 11.3 Å². The van der Waals surface area contributed by atoms with E-state index in [-0.39, 0.29) is 18.0 Å². The number of hydrogen-bond donors (Lipinski definition) is 1. The van der Waals surface area contributed by atoms with Gasteiger partial charge in [-0.3, -0.25) is 0 Å². The zero-order valence-electron chi connectivity index (χ0n) is 11.5. The number of ether oxygens (including phenoxy) is 2. The molecule has 2 heterocycles. The summed E-state index contributed by atoms with van der Waals surface area (Å²) in [6.07, 6.45) is 1.56. The summed E-state index contributed by atoms with van der Waals surface area (Å²) in [5, 5.41) is 10.1. The minimum absolute atomic E-state index is 0.0267. The van der Waals surface area contributed by atoms with Crippen molar-refractivity contribution in [3.8, 4) is 17.0 Å². The first-order chi connectivity index (χ1) is 10.2. The van der Waals surface area contributed by atoms with E-state index in [4.69, 9.17) is 9.47 Å². The highest BCUT2D eigenvalue weighted by molar-refractivity contribution is 5.95. The molecule has 0 amide bonds. The van der Waals surface area contributed by atoms with Crippen LogP contribution in [0.2, 0.25) is 0 Å². The number of H-pyrrole nitrogens is 1. The molecule has 1 aliphatic heterocycles. The van der Waals surface area contributed by atoms with Crippen LogP contribution in [0.1, 0.15) is 29.4 Å². The molecular weight excluding hydrogens is 277 g/mol. The Morgan fingerprint density at radius 2 is 2.33 bits per heavy atom. The molecule has 0 bridgehead atoms. The largest absolute Gasteiger partial charge is 0.493 e. The Labute approximate surface area is 120 Å². The fraction of sp³-hybridized carbons (Fsp3) is 0.357. The molecule has 1 N–H and O–H groups in total. The molecule has 7 heteroatoms. The molecule has 0 unspecified atom stereocenters. The smallest absolute Gasteiger partial charge is 0.361 e. The van der Waals surface area contributed by atoms with E-state index in [0.717, 1.165) is 18.4 Å². The summed E-state index contributed by atoms with van der Waals surface area (Å²) in [4.78, 5) is 11.9. The van der Waals surface area contributed by atoms with Gasteiger partial charge in [0.1, 0.15) is 17.3 Å². The molecule has 0 fully saturated rings. The van der Waals surface area contributed by atoms with Gasteiger partial charge in [-0.25, -0.2) is 9.18 Å². The fourth-order valence-corrected chi connectivity index (χ4v) is 2.38. The molecular formula is C14H14FN3O3. The van der Waals surface area contributed by atoms with Gasteiger partial charge in [-0.15, -0.1) is 5.10 Å². The van der Waals surface area contributed by atoms with Gasteiger partial charge in [0.05, 0.1) is 13.2 Å². The van der Waals surface area contributed by atoms with Crippen LogP contribution in [-0.4, -0.2) is 34.6 Å². The Hall–Kier alpha value is -2.44. The summed E-state index contributed by atoms with van der Waals surface area (Å²) in [5.41, 5.74) is 1.46. The average Bonchev–Trinajstić information content (AvgIpc) is 2.96. The Morgan fingerprint density at radius 3 is 3.14 bits per heavy atom. The lowest BCUT2D eigenvalue weighted by Gasteiger charge is -2.20. The van der Waals surface area contributed by atoms with Crippen LogP contribution in [0.4, 0.5) is 4.39 Å². The van der Waals surface area contributed by atoms with Gasteiger partial charge in [-0.2, -0.15) is 10.3 Å². The second-order valence-electron chi connectivity index (χ2n) is 4.63. The van der Waals surface area contributed by atoms with Crippen molar-refractivity contribution in [1.82, 2.24) is 15.4 Å². The number of fused-ring (bicyclic) bond motifs is 1. The number of nitrogens with zero attached hydrogens (tertiary/aromatic N) is 2. The lowest BCUT2D eigenvalue weighted by molar-refractivity contribution is 0.0520. The number of nitrogens with one attached hydrogen (secondary N) is 1. The maximum absolute atomic E-state index is 13.8. The van der Waals surface area contributed by atoms with Crippen molar-refractivity contribution >= 4 is 5.97 Å². The first kappa shape index (κ1) is 13.5. The van der Waals surface area contributed by atoms with Gasteiger partial charge in [-0.05, 0) is 37.5 Å². The number of carbonyl (C=O) groups is 1. The number of aromatic amines is 1. The summed E-state index contributed by atoms with van der Waals surface area (Å²) in [7, 11) is 0. The minimum atomic E-state index is -0.602. The van der Waals surface area contributed by atoms with Gasteiger partial charge < -0.3 is 9.47 Å². The highest BCUT2D eigenvalue weighted by Gasteiger charge is 2.25. The van der Waals surface area contributed by atoms with Crippen molar-refractivity contribution in [3.05, 3.63) is 29.2 Å². The number of aryl methyl sites for hydroxylation is 1. The third kappa shape index (κ3) is 2.46. The van der Waals surface area contributed by atoms with Gasteiger partial charge >= 0.3 is 5.97 Å². The third-order valence-electron chi connectivity index (χ3n) is 3.24. The first-order valence-corrected chi connectivity index (χ1v) is 6.74. The van der Waals surface area contributed by atoms with E-state index in [0.29, 0.717) is 17.9 Å². The summed E-state index contributed by atoms with van der Waals surface area (Å²) in [6, 6.07) is 2.74. The highest BCUT2D eigenvalue weighted by atomic mass is 19.1. The number of halogens is 1. The van der Waals surface area contributed by atoms with E-state index in [1.165, 1.54) is 12.1 Å². The average molecular weight is 291 g/mol. The highest BCUT2D eigenvalue weighted by Crippen LogP contribution is 2.37. The molecule has 0 radical (unpaired) electrons. The first-order valence-electron chi connectivity index (χ1n) is 6.74. The second kappa shape index (κ2) is 5.51. The SMILES string of the molecule is CCOC(=O)c1n[nH]nc1-c1cc(F)cc2c1OCCC2. The van der Waals surface area contributed by atoms with E-state index in [9.17, 15) is 9.18 Å². The zero-order chi connectivity index (χ0) is 14.8. The standard InChI is InChI=1S/C14H14FN3O3/c1-2-20-14(19)12-11(16-18-17-12)10-7-9(15)6-8-4-3-5-21-13(8)10/h6-7H,2-5H2,1H3,(H,16,17,18). The topological polar surface area (TPSA) is 77.1 Å². The van der Waals surface area contributed by atoms with E-state index in [1.54, 1.807) is 6.92 Å². The van der Waals surface area contributed by atoms with Crippen LogP contribution >= 0.6 is 0 Å². The summed E-state index contributed by atoms with van der Waals surface area (Å²) in [5.74, 6) is -0.441. The Kier molecular flexibility index (Phi) is 3.55. The number of benzene rings is 1. The van der Waals surface area contributed by atoms with E-state index < -0.39 is 11.8 Å². The zero-order valence-corrected chi connectivity index (χ0v) is 11.5. The molecule has 0 aliphatic carbocycles. The van der Waals surface area contributed by atoms with E-state index >= 15 is 0 Å². The van der Waals surface area contributed by atoms with Crippen molar-refractivity contribution < 1.29 is 18.7 Å². The van der Waals surface area contributed by atoms with Crippen molar-refractivity contribution in [1.29, 1.82) is 0 Å². The summed E-state index contributed by atoms with van der Waals surface area (Å²) in [6.45, 7) is 2.48. The number of rotatable bonds is 3. The lowest BCUT2D eigenvalue weighted by atomic mass is 9.99. The molecule has 1 aromatic heterocycles. The molecule has 1 aromatic carbocycles. The molecule has 0 saturated carbocycles. The van der Waals surface area contributed by atoms with Gasteiger partial charge in [0, 0.05) is 5.56 Å². The van der Waals surface area contributed by atoms with Gasteiger partial charge in [0.2, 0.25) is 0 Å². The molecule has 6 nitrogen and oxygen atoms in total. The maximum Gasteiger partial charge on any atom is 0.361 e. The molecule has 110 valence electrons.